The zero-order chi connectivity index (χ0) is 25.7. The third kappa shape index (κ3) is 5.61. The Labute approximate surface area is 207 Å². The Kier molecular flexibility index (Phi) is 7.15. The van der Waals surface area contributed by atoms with E-state index in [-0.39, 0.29) is 30.9 Å². The second-order valence-electron chi connectivity index (χ2n) is 8.24. The monoisotopic (exact) mass is 486 g/mol. The number of aliphatic carboxylic acids is 1. The highest BCUT2D eigenvalue weighted by molar-refractivity contribution is 5.93. The van der Waals surface area contributed by atoms with Gasteiger partial charge in [0.2, 0.25) is 5.96 Å². The highest BCUT2D eigenvalue weighted by Crippen LogP contribution is 2.44. The van der Waals surface area contributed by atoms with Crippen molar-refractivity contribution in [2.24, 2.45) is 27.2 Å². The molecule has 0 saturated carbocycles. The normalized spacial score (nSPS) is 13.3. The lowest BCUT2D eigenvalue weighted by atomic mass is 9.98. The summed E-state index contributed by atoms with van der Waals surface area (Å²) in [5, 5.41) is 12.1. The van der Waals surface area contributed by atoms with E-state index in [2.05, 4.69) is 15.3 Å². The fourth-order valence-electron chi connectivity index (χ4n) is 4.21. The number of alkyl carbamates (subject to hydrolysis) is 1. The summed E-state index contributed by atoms with van der Waals surface area (Å²) in [6.07, 6.45) is -0.747. The molecule has 0 radical (unpaired) electrons. The number of nitrogens with zero attached hydrogens (tertiary/aromatic N) is 2. The molecule has 0 fully saturated rings. The van der Waals surface area contributed by atoms with Crippen LogP contribution in [-0.4, -0.2) is 41.7 Å². The summed E-state index contributed by atoms with van der Waals surface area (Å²) in [4.78, 5) is 32.0. The van der Waals surface area contributed by atoms with Crippen LogP contribution in [0.5, 0.6) is 0 Å². The minimum absolute atomic E-state index is 0.0485. The van der Waals surface area contributed by atoms with Crippen molar-refractivity contribution in [2.75, 3.05) is 6.61 Å². The molecule has 10 nitrogen and oxygen atoms in total. The number of guanidine groups is 2. The third-order valence-corrected chi connectivity index (χ3v) is 5.80. The molecule has 0 aromatic heterocycles. The Morgan fingerprint density at radius 2 is 1.50 bits per heavy atom. The quantitative estimate of drug-likeness (QED) is 0.251. The van der Waals surface area contributed by atoms with Crippen molar-refractivity contribution in [1.29, 1.82) is 0 Å². The van der Waals surface area contributed by atoms with Crippen LogP contribution in [0.15, 0.2) is 82.8 Å². The fourth-order valence-corrected chi connectivity index (χ4v) is 4.21. The van der Waals surface area contributed by atoms with Gasteiger partial charge in [0.15, 0.2) is 5.96 Å². The van der Waals surface area contributed by atoms with Crippen molar-refractivity contribution in [3.05, 3.63) is 89.5 Å². The van der Waals surface area contributed by atoms with E-state index in [0.717, 1.165) is 22.3 Å². The smallest absolute Gasteiger partial charge is 0.407 e. The van der Waals surface area contributed by atoms with E-state index in [4.69, 9.17) is 21.9 Å². The van der Waals surface area contributed by atoms with Crippen LogP contribution in [0.4, 0.5) is 10.5 Å². The first kappa shape index (κ1) is 24.3. The summed E-state index contributed by atoms with van der Waals surface area (Å²) in [7, 11) is 0. The molecule has 0 aliphatic heterocycles. The molecule has 0 heterocycles. The van der Waals surface area contributed by atoms with Crippen LogP contribution < -0.4 is 22.5 Å². The van der Waals surface area contributed by atoms with Crippen LogP contribution in [0.2, 0.25) is 0 Å². The SMILES string of the molecule is NC(N)=NC(N)=Nc1ccc(CC(NC(=O)OCC2c3ccccc3-c3ccccc32)C(=O)O)cc1. The number of amides is 1. The van der Waals surface area contributed by atoms with Gasteiger partial charge in [-0.25, -0.2) is 14.6 Å². The molecule has 4 rings (SSSR count). The van der Waals surface area contributed by atoms with Gasteiger partial charge < -0.3 is 32.4 Å². The molecule has 1 aliphatic rings. The molecule has 1 amide bonds. The molecular formula is C26H26N6O4. The highest BCUT2D eigenvalue weighted by atomic mass is 16.5. The molecule has 1 unspecified atom stereocenters. The number of carbonyl (C=O) groups is 2. The molecule has 0 bridgehead atoms. The predicted octanol–water partition coefficient (Wildman–Crippen LogP) is 2.44. The van der Waals surface area contributed by atoms with Crippen LogP contribution in [0.1, 0.15) is 22.6 Å². The number of hydrogen-bond acceptors (Lipinski definition) is 4. The zero-order valence-electron chi connectivity index (χ0n) is 19.3. The van der Waals surface area contributed by atoms with Gasteiger partial charge in [-0.15, -0.1) is 0 Å². The topological polar surface area (TPSA) is 178 Å². The third-order valence-electron chi connectivity index (χ3n) is 5.80. The van der Waals surface area contributed by atoms with E-state index in [9.17, 15) is 14.7 Å². The van der Waals surface area contributed by atoms with Crippen LogP contribution in [0.25, 0.3) is 11.1 Å². The van der Waals surface area contributed by atoms with Gasteiger partial charge in [-0.2, -0.15) is 4.99 Å². The predicted molar refractivity (Wildman–Crippen MR) is 137 cm³/mol. The Morgan fingerprint density at radius 3 is 2.06 bits per heavy atom. The molecule has 3 aromatic carbocycles. The lowest BCUT2D eigenvalue weighted by Gasteiger charge is -2.17. The van der Waals surface area contributed by atoms with Crippen LogP contribution in [0, 0.1) is 0 Å². The number of fused-ring (bicyclic) bond motifs is 3. The molecule has 1 atom stereocenters. The van der Waals surface area contributed by atoms with Crippen molar-refractivity contribution >= 4 is 29.7 Å². The van der Waals surface area contributed by atoms with E-state index in [0.29, 0.717) is 11.3 Å². The van der Waals surface area contributed by atoms with Gasteiger partial charge in [0.1, 0.15) is 12.6 Å². The van der Waals surface area contributed by atoms with Gasteiger partial charge >= 0.3 is 12.1 Å². The number of carbonyl (C=O) groups excluding carboxylic acids is 1. The van der Waals surface area contributed by atoms with E-state index < -0.39 is 18.1 Å². The van der Waals surface area contributed by atoms with E-state index in [1.54, 1.807) is 24.3 Å². The molecule has 10 heteroatoms. The van der Waals surface area contributed by atoms with Gasteiger partial charge in [0, 0.05) is 12.3 Å². The molecule has 8 N–H and O–H groups in total. The highest BCUT2D eigenvalue weighted by Gasteiger charge is 2.29. The molecule has 184 valence electrons. The molecule has 0 saturated heterocycles. The largest absolute Gasteiger partial charge is 0.480 e. The number of benzene rings is 3. The molecule has 1 aliphatic carbocycles. The minimum Gasteiger partial charge on any atom is -0.480 e. The minimum atomic E-state index is -1.18. The first-order chi connectivity index (χ1) is 17.3. The zero-order valence-corrected chi connectivity index (χ0v) is 19.3. The summed E-state index contributed by atoms with van der Waals surface area (Å²) in [5.41, 5.74) is 21.6. The molecule has 36 heavy (non-hydrogen) atoms. The first-order valence-corrected chi connectivity index (χ1v) is 11.2. The summed E-state index contributed by atoms with van der Waals surface area (Å²) < 4.78 is 5.47. The molecule has 3 aromatic rings. The lowest BCUT2D eigenvalue weighted by molar-refractivity contribution is -0.139. The van der Waals surface area contributed by atoms with Gasteiger partial charge in [0.05, 0.1) is 5.69 Å². The van der Waals surface area contributed by atoms with Crippen LogP contribution in [-0.2, 0) is 16.0 Å². The Morgan fingerprint density at radius 1 is 0.917 bits per heavy atom. The average molecular weight is 487 g/mol. The maximum Gasteiger partial charge on any atom is 0.407 e. The van der Waals surface area contributed by atoms with E-state index in [1.165, 1.54) is 0 Å². The van der Waals surface area contributed by atoms with Gasteiger partial charge in [0.25, 0.3) is 0 Å². The maximum absolute atomic E-state index is 12.5. The lowest BCUT2D eigenvalue weighted by Crippen LogP contribution is -2.42. The molecule has 0 spiro atoms. The Bertz CT molecular complexity index is 1290. The number of hydrogen-bond donors (Lipinski definition) is 5. The van der Waals surface area contributed by atoms with Crippen molar-refractivity contribution in [3.8, 4) is 11.1 Å². The number of nitrogens with one attached hydrogen (secondary N) is 1. The number of carboxylic acids is 1. The van der Waals surface area contributed by atoms with Gasteiger partial charge in [-0.05, 0) is 39.9 Å². The summed E-state index contributed by atoms with van der Waals surface area (Å²) >= 11 is 0. The van der Waals surface area contributed by atoms with Crippen LogP contribution in [0.3, 0.4) is 0 Å². The number of rotatable bonds is 7. The second kappa shape index (κ2) is 10.6. The number of carboxylic acid groups (broad SMARTS) is 1. The Hall–Kier alpha value is -4.86. The summed E-state index contributed by atoms with van der Waals surface area (Å²) in [6.45, 7) is 0.0934. The number of ether oxygens (including phenoxy) is 1. The number of aliphatic imine (C=N–C) groups is 2. The van der Waals surface area contributed by atoms with E-state index >= 15 is 0 Å². The van der Waals surface area contributed by atoms with Crippen molar-refractivity contribution < 1.29 is 19.4 Å². The Balaban J connectivity index is 1.38. The molecular weight excluding hydrogens is 460 g/mol. The fraction of sp³-hybridized carbons (Fsp3) is 0.154. The number of nitrogens with two attached hydrogens (primary N) is 3. The standard InChI is InChI=1S/C26H26N6O4/c27-24(28)32-25(29)30-16-11-9-15(10-12-16)13-22(23(33)34)31-26(35)36-14-21-19-7-3-1-5-17(19)18-6-2-4-8-20(18)21/h1-12,21-22H,13-14H2,(H,31,35)(H,33,34)(H6,27,28,29,30,32). The van der Waals surface area contributed by atoms with Gasteiger partial charge in [-0.3, -0.25) is 0 Å². The summed E-state index contributed by atoms with van der Waals surface area (Å²) in [5.74, 6) is -1.62. The first-order valence-electron chi connectivity index (χ1n) is 11.2. The van der Waals surface area contributed by atoms with Gasteiger partial charge in [-0.1, -0.05) is 60.7 Å². The maximum atomic E-state index is 12.5. The van der Waals surface area contributed by atoms with Crippen LogP contribution >= 0.6 is 0 Å². The summed E-state index contributed by atoms with van der Waals surface area (Å²) in [6, 6.07) is 21.4. The van der Waals surface area contributed by atoms with Crippen molar-refractivity contribution in [3.63, 3.8) is 0 Å². The average Bonchev–Trinajstić information content (AvgIpc) is 3.16. The second-order valence-corrected chi connectivity index (χ2v) is 8.24. The van der Waals surface area contributed by atoms with E-state index in [1.807, 2.05) is 48.5 Å². The van der Waals surface area contributed by atoms with Crippen molar-refractivity contribution in [1.82, 2.24) is 5.32 Å². The van der Waals surface area contributed by atoms with Crippen molar-refractivity contribution in [2.45, 2.75) is 18.4 Å².